The summed E-state index contributed by atoms with van der Waals surface area (Å²) in [6, 6.07) is 4.39. The summed E-state index contributed by atoms with van der Waals surface area (Å²) in [6.45, 7) is 6.03. The van der Waals surface area contributed by atoms with Crippen LogP contribution in [0.4, 0.5) is 4.79 Å². The molecule has 2 N–H and O–H groups in total. The van der Waals surface area contributed by atoms with Gasteiger partial charge in [-0.1, -0.05) is 13.0 Å². The molecule has 0 aliphatic heterocycles. The van der Waals surface area contributed by atoms with E-state index < -0.39 is 5.97 Å². The number of thiophene rings is 1. The molecule has 1 fully saturated rings. The smallest absolute Gasteiger partial charge is 0.317 e. The van der Waals surface area contributed by atoms with E-state index in [1.807, 2.05) is 36.3 Å². The number of nitrogens with one attached hydrogen (secondary N) is 1. The molecular weight excluding hydrogens is 314 g/mol. The summed E-state index contributed by atoms with van der Waals surface area (Å²) in [5, 5.41) is 14.0. The van der Waals surface area contributed by atoms with E-state index in [2.05, 4.69) is 5.32 Å². The van der Waals surface area contributed by atoms with Crippen molar-refractivity contribution in [3.05, 3.63) is 22.4 Å². The van der Waals surface area contributed by atoms with E-state index >= 15 is 0 Å². The number of carbonyl (C=O) groups excluding carboxylic acids is 1. The number of amides is 2. The quantitative estimate of drug-likeness (QED) is 0.762. The van der Waals surface area contributed by atoms with E-state index in [1.54, 1.807) is 16.2 Å². The highest BCUT2D eigenvalue weighted by molar-refractivity contribution is 7.09. The molecule has 1 aliphatic rings. The third kappa shape index (κ3) is 4.94. The summed E-state index contributed by atoms with van der Waals surface area (Å²) in [6.07, 6.45) is 1.65. The molecule has 1 aromatic heterocycles. The van der Waals surface area contributed by atoms with Gasteiger partial charge in [0.05, 0.1) is 13.1 Å². The molecule has 128 valence electrons. The minimum Gasteiger partial charge on any atom is -0.480 e. The number of aliphatic carboxylic acids is 1. The number of hydrogen-bond acceptors (Lipinski definition) is 4. The van der Waals surface area contributed by atoms with E-state index in [1.165, 1.54) is 4.88 Å². The molecular formula is C16H25N3O3S. The Hall–Kier alpha value is -1.60. The average molecular weight is 339 g/mol. The van der Waals surface area contributed by atoms with Gasteiger partial charge in [-0.2, -0.15) is 0 Å². The lowest BCUT2D eigenvalue weighted by Gasteiger charge is -2.42. The lowest BCUT2D eigenvalue weighted by molar-refractivity contribution is -0.139. The second-order valence-electron chi connectivity index (χ2n) is 5.82. The van der Waals surface area contributed by atoms with E-state index in [4.69, 9.17) is 5.11 Å². The van der Waals surface area contributed by atoms with Crippen molar-refractivity contribution in [2.45, 2.75) is 45.3 Å². The first-order valence-electron chi connectivity index (χ1n) is 8.07. The van der Waals surface area contributed by atoms with Gasteiger partial charge >= 0.3 is 12.0 Å². The van der Waals surface area contributed by atoms with Gasteiger partial charge in [-0.15, -0.1) is 11.3 Å². The van der Waals surface area contributed by atoms with Crippen molar-refractivity contribution in [1.82, 2.24) is 15.1 Å². The lowest BCUT2D eigenvalue weighted by atomic mass is 9.85. The first-order valence-corrected chi connectivity index (χ1v) is 8.95. The van der Waals surface area contributed by atoms with Crippen LogP contribution in [0.5, 0.6) is 0 Å². The van der Waals surface area contributed by atoms with Crippen LogP contribution in [-0.2, 0) is 11.3 Å². The highest BCUT2D eigenvalue weighted by Gasteiger charge is 2.35. The highest BCUT2D eigenvalue weighted by atomic mass is 32.1. The summed E-state index contributed by atoms with van der Waals surface area (Å²) in [4.78, 5) is 28.1. The van der Waals surface area contributed by atoms with Crippen LogP contribution in [-0.4, -0.2) is 58.6 Å². The first kappa shape index (κ1) is 17.7. The van der Waals surface area contributed by atoms with Gasteiger partial charge in [-0.25, -0.2) is 4.79 Å². The Morgan fingerprint density at radius 2 is 2.09 bits per heavy atom. The summed E-state index contributed by atoms with van der Waals surface area (Å²) in [5.41, 5.74) is 0. The van der Waals surface area contributed by atoms with Gasteiger partial charge in [0.25, 0.3) is 0 Å². The zero-order valence-corrected chi connectivity index (χ0v) is 14.5. The SMILES string of the molecule is CCN(Cc1cccs1)C(=O)NC1CC(N(CC)CC(=O)O)C1. The number of carboxylic acids is 1. The molecule has 23 heavy (non-hydrogen) atoms. The summed E-state index contributed by atoms with van der Waals surface area (Å²) in [5.74, 6) is -0.799. The van der Waals surface area contributed by atoms with Gasteiger partial charge in [0.2, 0.25) is 0 Å². The Morgan fingerprint density at radius 1 is 1.35 bits per heavy atom. The number of carboxylic acid groups (broad SMARTS) is 1. The molecule has 6 nitrogen and oxygen atoms in total. The molecule has 0 spiro atoms. The topological polar surface area (TPSA) is 72.9 Å². The van der Waals surface area contributed by atoms with Crippen molar-refractivity contribution < 1.29 is 14.7 Å². The number of rotatable bonds is 8. The minimum absolute atomic E-state index is 0.0365. The Kier molecular flexibility index (Phi) is 6.41. The van der Waals surface area contributed by atoms with Gasteiger partial charge < -0.3 is 15.3 Å². The van der Waals surface area contributed by atoms with Crippen molar-refractivity contribution >= 4 is 23.3 Å². The van der Waals surface area contributed by atoms with E-state index in [-0.39, 0.29) is 24.7 Å². The molecule has 0 aromatic carbocycles. The van der Waals surface area contributed by atoms with Crippen LogP contribution in [0.2, 0.25) is 0 Å². The lowest BCUT2D eigenvalue weighted by Crippen LogP contribution is -2.56. The van der Waals surface area contributed by atoms with Crippen molar-refractivity contribution in [2.75, 3.05) is 19.6 Å². The van der Waals surface area contributed by atoms with E-state index in [9.17, 15) is 9.59 Å². The molecule has 0 bridgehead atoms. The summed E-state index contributed by atoms with van der Waals surface area (Å²) in [7, 11) is 0. The zero-order valence-electron chi connectivity index (χ0n) is 13.7. The van der Waals surface area contributed by atoms with Gasteiger partial charge in [0.15, 0.2) is 0 Å². The molecule has 2 rings (SSSR count). The summed E-state index contributed by atoms with van der Waals surface area (Å²) < 4.78 is 0. The Balaban J connectivity index is 1.77. The maximum absolute atomic E-state index is 12.3. The number of nitrogens with zero attached hydrogens (tertiary/aromatic N) is 2. The molecule has 0 atom stereocenters. The molecule has 0 unspecified atom stereocenters. The molecule has 1 saturated carbocycles. The Bertz CT molecular complexity index is 515. The standard InChI is InChI=1S/C16H25N3O3S/c1-3-18(11-15(20)21)13-8-12(9-13)17-16(22)19(4-2)10-14-6-5-7-23-14/h5-7,12-13H,3-4,8-11H2,1-2H3,(H,17,22)(H,20,21). The van der Waals surface area contributed by atoms with Crippen LogP contribution >= 0.6 is 11.3 Å². The molecule has 1 aliphatic carbocycles. The molecule has 0 radical (unpaired) electrons. The van der Waals surface area contributed by atoms with Crippen LogP contribution < -0.4 is 5.32 Å². The van der Waals surface area contributed by atoms with E-state index in [0.29, 0.717) is 13.1 Å². The maximum Gasteiger partial charge on any atom is 0.317 e. The van der Waals surface area contributed by atoms with Crippen LogP contribution in [0, 0.1) is 0 Å². The number of likely N-dealkylation sites (N-methyl/N-ethyl adjacent to an activating group) is 1. The predicted octanol–water partition coefficient (Wildman–Crippen LogP) is 2.22. The summed E-state index contributed by atoms with van der Waals surface area (Å²) >= 11 is 1.65. The normalized spacial score (nSPS) is 20.1. The highest BCUT2D eigenvalue weighted by Crippen LogP contribution is 2.26. The zero-order chi connectivity index (χ0) is 16.8. The van der Waals surface area contributed by atoms with Gasteiger partial charge in [0.1, 0.15) is 0 Å². The van der Waals surface area contributed by atoms with Crippen molar-refractivity contribution in [3.8, 4) is 0 Å². The fraction of sp³-hybridized carbons (Fsp3) is 0.625. The minimum atomic E-state index is -0.799. The number of urea groups is 1. The average Bonchev–Trinajstić information content (AvgIpc) is 2.98. The first-order chi connectivity index (χ1) is 11.0. The fourth-order valence-corrected chi connectivity index (χ4v) is 3.58. The predicted molar refractivity (Wildman–Crippen MR) is 90.6 cm³/mol. The van der Waals surface area contributed by atoms with Gasteiger partial charge in [0, 0.05) is 23.5 Å². The van der Waals surface area contributed by atoms with Crippen LogP contribution in [0.1, 0.15) is 31.6 Å². The van der Waals surface area contributed by atoms with Crippen molar-refractivity contribution in [3.63, 3.8) is 0 Å². The van der Waals surface area contributed by atoms with Crippen LogP contribution in [0.25, 0.3) is 0 Å². The molecule has 2 amide bonds. The second kappa shape index (κ2) is 8.31. The van der Waals surface area contributed by atoms with Crippen LogP contribution in [0.3, 0.4) is 0 Å². The third-order valence-electron chi connectivity index (χ3n) is 4.30. The fourth-order valence-electron chi connectivity index (χ4n) is 2.86. The maximum atomic E-state index is 12.3. The monoisotopic (exact) mass is 339 g/mol. The Labute approximate surface area is 141 Å². The van der Waals surface area contributed by atoms with Crippen molar-refractivity contribution in [1.29, 1.82) is 0 Å². The van der Waals surface area contributed by atoms with Crippen molar-refractivity contribution in [2.24, 2.45) is 0 Å². The van der Waals surface area contributed by atoms with Gasteiger partial charge in [-0.05, 0) is 37.8 Å². The molecule has 1 aromatic rings. The van der Waals surface area contributed by atoms with E-state index in [0.717, 1.165) is 19.4 Å². The second-order valence-corrected chi connectivity index (χ2v) is 6.85. The van der Waals surface area contributed by atoms with Crippen LogP contribution in [0.15, 0.2) is 17.5 Å². The van der Waals surface area contributed by atoms with Gasteiger partial charge in [-0.3, -0.25) is 9.69 Å². The Morgan fingerprint density at radius 3 is 2.61 bits per heavy atom. The molecule has 0 saturated heterocycles. The number of hydrogen-bond donors (Lipinski definition) is 2. The molecule has 7 heteroatoms. The third-order valence-corrected chi connectivity index (χ3v) is 5.16. The molecule has 1 heterocycles. The number of carbonyl (C=O) groups is 2. The largest absolute Gasteiger partial charge is 0.480 e.